The molecule has 0 fully saturated rings. The molecule has 2 heterocycles. The molecule has 2 aromatic heterocycles. The normalized spacial score (nSPS) is 10.8. The zero-order valence-electron chi connectivity index (χ0n) is 21.1. The van der Waals surface area contributed by atoms with Crippen molar-refractivity contribution < 1.29 is 19.1 Å². The minimum absolute atomic E-state index is 0.332. The molecule has 3 aromatic carbocycles. The SMILES string of the molecule is CCCOc1ccc(-c2cc(C(=O)Nc3scc(-c4ccccc4)c3C(=O)OC)c3ccccc3n2)cc1. The molecular formula is C31H26N2O4S. The number of nitrogens with one attached hydrogen (secondary N) is 1. The van der Waals surface area contributed by atoms with Crippen molar-refractivity contribution in [1.82, 2.24) is 4.98 Å². The number of pyridine rings is 1. The van der Waals surface area contributed by atoms with Gasteiger partial charge in [0, 0.05) is 21.9 Å². The molecule has 0 spiro atoms. The van der Waals surface area contributed by atoms with Gasteiger partial charge in [-0.15, -0.1) is 11.3 Å². The van der Waals surface area contributed by atoms with E-state index in [1.54, 1.807) is 6.07 Å². The molecule has 1 N–H and O–H groups in total. The highest BCUT2D eigenvalue weighted by molar-refractivity contribution is 7.15. The number of hydrogen-bond donors (Lipinski definition) is 1. The number of thiophene rings is 1. The topological polar surface area (TPSA) is 77.5 Å². The summed E-state index contributed by atoms with van der Waals surface area (Å²) in [5, 5.41) is 5.97. The maximum Gasteiger partial charge on any atom is 0.341 e. The third-order valence-electron chi connectivity index (χ3n) is 6.08. The third-order valence-corrected chi connectivity index (χ3v) is 6.97. The van der Waals surface area contributed by atoms with E-state index in [0.29, 0.717) is 39.5 Å². The first-order chi connectivity index (χ1) is 18.6. The van der Waals surface area contributed by atoms with Gasteiger partial charge in [-0.2, -0.15) is 0 Å². The first kappa shape index (κ1) is 25.2. The number of hydrogen-bond acceptors (Lipinski definition) is 6. The van der Waals surface area contributed by atoms with E-state index in [1.807, 2.05) is 84.2 Å². The van der Waals surface area contributed by atoms with Crippen molar-refractivity contribution in [2.24, 2.45) is 0 Å². The number of aromatic nitrogens is 1. The summed E-state index contributed by atoms with van der Waals surface area (Å²) in [4.78, 5) is 31.3. The van der Waals surface area contributed by atoms with E-state index in [-0.39, 0.29) is 5.91 Å². The summed E-state index contributed by atoms with van der Waals surface area (Å²) in [6.07, 6.45) is 0.932. The predicted molar refractivity (Wildman–Crippen MR) is 152 cm³/mol. The molecule has 0 aliphatic rings. The monoisotopic (exact) mass is 522 g/mol. The van der Waals surface area contributed by atoms with Gasteiger partial charge in [0.15, 0.2) is 0 Å². The molecule has 0 bridgehead atoms. The van der Waals surface area contributed by atoms with Crippen molar-refractivity contribution in [2.75, 3.05) is 19.0 Å². The lowest BCUT2D eigenvalue weighted by atomic mass is 10.0. The fourth-order valence-electron chi connectivity index (χ4n) is 4.21. The van der Waals surface area contributed by atoms with Gasteiger partial charge in [-0.05, 0) is 48.4 Å². The first-order valence-corrected chi connectivity index (χ1v) is 13.2. The van der Waals surface area contributed by atoms with Gasteiger partial charge in [0.25, 0.3) is 5.91 Å². The number of ether oxygens (including phenoxy) is 2. The first-order valence-electron chi connectivity index (χ1n) is 12.3. The van der Waals surface area contributed by atoms with Crippen LogP contribution < -0.4 is 10.1 Å². The number of methoxy groups -OCH3 is 1. The lowest BCUT2D eigenvalue weighted by Gasteiger charge is -2.12. The number of nitrogens with zero attached hydrogens (tertiary/aromatic N) is 1. The fourth-order valence-corrected chi connectivity index (χ4v) is 5.16. The van der Waals surface area contributed by atoms with Crippen LogP contribution in [-0.4, -0.2) is 30.6 Å². The smallest absolute Gasteiger partial charge is 0.341 e. The predicted octanol–water partition coefficient (Wildman–Crippen LogP) is 7.46. The molecule has 0 saturated heterocycles. The van der Waals surface area contributed by atoms with Gasteiger partial charge >= 0.3 is 5.97 Å². The van der Waals surface area contributed by atoms with Crippen LogP contribution in [0.25, 0.3) is 33.3 Å². The van der Waals surface area contributed by atoms with Crippen LogP contribution in [0.1, 0.15) is 34.1 Å². The van der Waals surface area contributed by atoms with Crippen LogP contribution >= 0.6 is 11.3 Å². The molecule has 6 nitrogen and oxygen atoms in total. The lowest BCUT2D eigenvalue weighted by molar-refractivity contribution is 0.0603. The van der Waals surface area contributed by atoms with Gasteiger partial charge in [0.2, 0.25) is 0 Å². The summed E-state index contributed by atoms with van der Waals surface area (Å²) in [7, 11) is 1.33. The Morgan fingerprint density at radius 3 is 2.39 bits per heavy atom. The van der Waals surface area contributed by atoms with Crippen molar-refractivity contribution in [3.05, 3.63) is 101 Å². The number of amides is 1. The van der Waals surface area contributed by atoms with E-state index in [4.69, 9.17) is 14.5 Å². The van der Waals surface area contributed by atoms with E-state index in [9.17, 15) is 9.59 Å². The second-order valence-electron chi connectivity index (χ2n) is 8.61. The Morgan fingerprint density at radius 2 is 1.66 bits per heavy atom. The van der Waals surface area contributed by atoms with E-state index in [1.165, 1.54) is 18.4 Å². The molecule has 0 saturated carbocycles. The second kappa shape index (κ2) is 11.3. The Kier molecular flexibility index (Phi) is 7.47. The van der Waals surface area contributed by atoms with Crippen molar-refractivity contribution >= 4 is 39.1 Å². The van der Waals surface area contributed by atoms with Crippen LogP contribution in [0.4, 0.5) is 5.00 Å². The maximum atomic E-state index is 13.7. The Hall–Kier alpha value is -4.49. The third kappa shape index (κ3) is 5.14. The average molecular weight is 523 g/mol. The average Bonchev–Trinajstić information content (AvgIpc) is 3.39. The Bertz CT molecular complexity index is 1590. The van der Waals surface area contributed by atoms with Gasteiger partial charge in [-0.25, -0.2) is 9.78 Å². The quantitative estimate of drug-likeness (QED) is 0.214. The van der Waals surface area contributed by atoms with Crippen molar-refractivity contribution in [3.63, 3.8) is 0 Å². The summed E-state index contributed by atoms with van der Waals surface area (Å²) < 4.78 is 10.8. The zero-order valence-corrected chi connectivity index (χ0v) is 21.9. The van der Waals surface area contributed by atoms with Gasteiger partial charge < -0.3 is 14.8 Å². The molecule has 0 radical (unpaired) electrons. The standard InChI is InChI=1S/C31H26N2O4S/c1-3-17-37-22-15-13-21(14-16-22)27-18-24(23-11-7-8-12-26(23)32-27)29(34)33-30-28(31(35)36-2)25(19-38-30)20-9-5-4-6-10-20/h4-16,18-19H,3,17H2,1-2H3,(H,33,34). The number of fused-ring (bicyclic) bond motifs is 1. The summed E-state index contributed by atoms with van der Waals surface area (Å²) in [6.45, 7) is 2.72. The number of carbonyl (C=O) groups excluding carboxylic acids is 2. The van der Waals surface area contributed by atoms with Crippen molar-refractivity contribution in [1.29, 1.82) is 0 Å². The van der Waals surface area contributed by atoms with E-state index in [0.717, 1.165) is 28.7 Å². The Labute approximate surface area is 224 Å². The van der Waals surface area contributed by atoms with Gasteiger partial charge in [0.1, 0.15) is 16.3 Å². The van der Waals surface area contributed by atoms with Crippen LogP contribution in [0.2, 0.25) is 0 Å². The number of carbonyl (C=O) groups is 2. The molecule has 1 amide bonds. The second-order valence-corrected chi connectivity index (χ2v) is 9.49. The van der Waals surface area contributed by atoms with Gasteiger partial charge in [-0.3, -0.25) is 4.79 Å². The molecule has 0 unspecified atom stereocenters. The Morgan fingerprint density at radius 1 is 0.921 bits per heavy atom. The molecular weight excluding hydrogens is 496 g/mol. The molecule has 38 heavy (non-hydrogen) atoms. The summed E-state index contributed by atoms with van der Waals surface area (Å²) in [6, 6.07) is 26.5. The van der Waals surface area contributed by atoms with E-state index in [2.05, 4.69) is 12.2 Å². The summed E-state index contributed by atoms with van der Waals surface area (Å²) in [5.74, 6) is -0.0537. The lowest BCUT2D eigenvalue weighted by Crippen LogP contribution is -2.15. The minimum Gasteiger partial charge on any atom is -0.494 e. The number of anilines is 1. The van der Waals surface area contributed by atoms with Gasteiger partial charge in [0.05, 0.1) is 30.5 Å². The zero-order chi connectivity index (χ0) is 26.5. The maximum absolute atomic E-state index is 13.7. The highest BCUT2D eigenvalue weighted by atomic mass is 32.1. The minimum atomic E-state index is -0.508. The molecule has 5 aromatic rings. The highest BCUT2D eigenvalue weighted by Crippen LogP contribution is 2.37. The largest absolute Gasteiger partial charge is 0.494 e. The number of esters is 1. The van der Waals surface area contributed by atoms with Crippen LogP contribution in [0.15, 0.2) is 90.3 Å². The fraction of sp³-hybridized carbons (Fsp3) is 0.129. The van der Waals surface area contributed by atoms with Crippen LogP contribution in [0, 0.1) is 0 Å². The molecule has 0 aliphatic carbocycles. The summed E-state index contributed by atoms with van der Waals surface area (Å²) >= 11 is 1.29. The molecule has 0 atom stereocenters. The van der Waals surface area contributed by atoms with Crippen LogP contribution in [0.5, 0.6) is 5.75 Å². The Balaban J connectivity index is 1.53. The molecule has 7 heteroatoms. The number of para-hydroxylation sites is 1. The summed E-state index contributed by atoms with van der Waals surface area (Å²) in [5.41, 5.74) is 4.61. The van der Waals surface area contributed by atoms with Crippen molar-refractivity contribution in [3.8, 4) is 28.1 Å². The van der Waals surface area contributed by atoms with Gasteiger partial charge in [-0.1, -0.05) is 55.5 Å². The molecule has 190 valence electrons. The molecule has 0 aliphatic heterocycles. The van der Waals surface area contributed by atoms with E-state index < -0.39 is 5.97 Å². The number of benzene rings is 3. The van der Waals surface area contributed by atoms with Crippen LogP contribution in [-0.2, 0) is 4.74 Å². The van der Waals surface area contributed by atoms with Crippen molar-refractivity contribution in [2.45, 2.75) is 13.3 Å². The molecule has 5 rings (SSSR count). The number of rotatable bonds is 8. The van der Waals surface area contributed by atoms with E-state index >= 15 is 0 Å². The van der Waals surface area contributed by atoms with Crippen LogP contribution in [0.3, 0.4) is 0 Å². The highest BCUT2D eigenvalue weighted by Gasteiger charge is 2.23.